The van der Waals surface area contributed by atoms with E-state index < -0.39 is 10.0 Å². The van der Waals surface area contributed by atoms with E-state index in [0.717, 1.165) is 16.8 Å². The lowest BCUT2D eigenvalue weighted by Crippen LogP contribution is -2.25. The van der Waals surface area contributed by atoms with Crippen molar-refractivity contribution in [1.29, 1.82) is 0 Å². The predicted molar refractivity (Wildman–Crippen MR) is 128 cm³/mol. The van der Waals surface area contributed by atoms with E-state index in [2.05, 4.69) is 26.5 Å². The van der Waals surface area contributed by atoms with Gasteiger partial charge in [-0.15, -0.1) is 0 Å². The SMILES string of the molecule is CNS(=O)(=O)c1cnc(COc2cc(C)n([C@H](C)c3ccc(C#CC4CC4)cc3)c(=O)c2)nc1. The summed E-state index contributed by atoms with van der Waals surface area (Å²) in [5.74, 6) is 7.71. The summed E-state index contributed by atoms with van der Waals surface area (Å²) in [5.41, 5.74) is 2.57. The summed E-state index contributed by atoms with van der Waals surface area (Å²) >= 11 is 0. The molecule has 1 fully saturated rings. The van der Waals surface area contributed by atoms with Crippen LogP contribution in [0.15, 0.2) is 58.5 Å². The molecule has 3 aromatic rings. The van der Waals surface area contributed by atoms with Crippen molar-refractivity contribution in [2.45, 2.75) is 44.2 Å². The number of aromatic nitrogens is 3. The Morgan fingerprint density at radius 1 is 1.18 bits per heavy atom. The third-order valence-electron chi connectivity index (χ3n) is 5.64. The van der Waals surface area contributed by atoms with Crippen molar-refractivity contribution >= 4 is 10.0 Å². The summed E-state index contributed by atoms with van der Waals surface area (Å²) < 4.78 is 33.1. The Morgan fingerprint density at radius 2 is 1.85 bits per heavy atom. The van der Waals surface area contributed by atoms with Crippen LogP contribution in [0, 0.1) is 24.7 Å². The topological polar surface area (TPSA) is 103 Å². The fourth-order valence-corrected chi connectivity index (χ4v) is 4.11. The van der Waals surface area contributed by atoms with Gasteiger partial charge in [-0.1, -0.05) is 24.0 Å². The molecule has 34 heavy (non-hydrogen) atoms. The van der Waals surface area contributed by atoms with E-state index in [0.29, 0.717) is 17.5 Å². The van der Waals surface area contributed by atoms with Crippen LogP contribution in [0.4, 0.5) is 0 Å². The quantitative estimate of drug-likeness (QED) is 0.524. The van der Waals surface area contributed by atoms with E-state index in [1.165, 1.54) is 38.3 Å². The molecule has 1 aromatic carbocycles. The highest BCUT2D eigenvalue weighted by atomic mass is 32.2. The highest BCUT2D eigenvalue weighted by molar-refractivity contribution is 7.89. The zero-order valence-corrected chi connectivity index (χ0v) is 20.1. The van der Waals surface area contributed by atoms with Gasteiger partial charge in [-0.2, -0.15) is 0 Å². The number of nitrogens with zero attached hydrogens (tertiary/aromatic N) is 3. The second-order valence-electron chi connectivity index (χ2n) is 8.21. The van der Waals surface area contributed by atoms with Crippen LogP contribution in [0.5, 0.6) is 5.75 Å². The third-order valence-corrected chi connectivity index (χ3v) is 7.01. The van der Waals surface area contributed by atoms with Crippen molar-refractivity contribution in [3.05, 3.63) is 81.8 Å². The number of aryl methyl sites for hydroxylation is 1. The van der Waals surface area contributed by atoms with E-state index in [9.17, 15) is 13.2 Å². The number of nitrogens with one attached hydrogen (secondary N) is 1. The Hall–Kier alpha value is -3.48. The van der Waals surface area contributed by atoms with Gasteiger partial charge in [0, 0.05) is 23.2 Å². The smallest absolute Gasteiger partial charge is 0.254 e. The van der Waals surface area contributed by atoms with E-state index in [1.54, 1.807) is 10.6 Å². The summed E-state index contributed by atoms with van der Waals surface area (Å²) in [6.45, 7) is 3.84. The minimum Gasteiger partial charge on any atom is -0.485 e. The molecule has 0 saturated heterocycles. The molecule has 1 aliphatic rings. The van der Waals surface area contributed by atoms with Crippen molar-refractivity contribution in [1.82, 2.24) is 19.3 Å². The van der Waals surface area contributed by atoms with Crippen LogP contribution in [0.2, 0.25) is 0 Å². The molecular weight excluding hydrogens is 452 g/mol. The molecule has 1 N–H and O–H groups in total. The van der Waals surface area contributed by atoms with Crippen LogP contribution in [0.25, 0.3) is 0 Å². The average molecular weight is 479 g/mol. The lowest BCUT2D eigenvalue weighted by Gasteiger charge is -2.19. The van der Waals surface area contributed by atoms with E-state index in [-0.39, 0.29) is 23.1 Å². The van der Waals surface area contributed by atoms with Crippen LogP contribution in [-0.2, 0) is 16.6 Å². The first-order valence-electron chi connectivity index (χ1n) is 11.0. The number of ether oxygens (including phenoxy) is 1. The minimum atomic E-state index is -3.60. The third kappa shape index (κ3) is 5.53. The van der Waals surface area contributed by atoms with Crippen LogP contribution in [0.1, 0.15) is 48.5 Å². The number of pyridine rings is 1. The Bertz CT molecular complexity index is 1400. The molecule has 1 atom stereocenters. The van der Waals surface area contributed by atoms with E-state index >= 15 is 0 Å². The van der Waals surface area contributed by atoms with Crippen molar-refractivity contribution in [3.8, 4) is 17.6 Å². The molecule has 2 heterocycles. The molecule has 8 nitrogen and oxygen atoms in total. The van der Waals surface area contributed by atoms with Crippen LogP contribution >= 0.6 is 0 Å². The molecule has 0 amide bonds. The fourth-order valence-electron chi connectivity index (χ4n) is 3.49. The zero-order valence-electron chi connectivity index (χ0n) is 19.3. The van der Waals surface area contributed by atoms with Gasteiger partial charge < -0.3 is 9.30 Å². The van der Waals surface area contributed by atoms with Crippen molar-refractivity contribution in [2.24, 2.45) is 5.92 Å². The number of rotatable bonds is 7. The van der Waals surface area contributed by atoms with Crippen LogP contribution in [-0.4, -0.2) is 30.0 Å². The van der Waals surface area contributed by atoms with Gasteiger partial charge in [0.2, 0.25) is 10.0 Å². The molecule has 0 radical (unpaired) electrons. The van der Waals surface area contributed by atoms with Crippen molar-refractivity contribution in [2.75, 3.05) is 7.05 Å². The summed E-state index contributed by atoms with van der Waals surface area (Å²) in [5, 5.41) is 0. The molecule has 9 heteroatoms. The maximum atomic E-state index is 12.9. The highest BCUT2D eigenvalue weighted by Crippen LogP contribution is 2.27. The average Bonchev–Trinajstić information content (AvgIpc) is 3.66. The lowest BCUT2D eigenvalue weighted by molar-refractivity contribution is 0.293. The number of hydrogen-bond acceptors (Lipinski definition) is 6. The lowest BCUT2D eigenvalue weighted by atomic mass is 10.1. The van der Waals surface area contributed by atoms with Gasteiger partial charge in [0.15, 0.2) is 5.82 Å². The summed E-state index contributed by atoms with van der Waals surface area (Å²) in [4.78, 5) is 20.9. The summed E-state index contributed by atoms with van der Waals surface area (Å²) in [6, 6.07) is 11.1. The fraction of sp³-hybridized carbons (Fsp3) is 0.320. The Kier molecular flexibility index (Phi) is 6.82. The van der Waals surface area contributed by atoms with Gasteiger partial charge in [-0.3, -0.25) is 4.79 Å². The van der Waals surface area contributed by atoms with Gasteiger partial charge >= 0.3 is 0 Å². The molecule has 4 rings (SSSR count). The second kappa shape index (κ2) is 9.79. The van der Waals surface area contributed by atoms with Gasteiger partial charge in [-0.05, 0) is 57.5 Å². The second-order valence-corrected chi connectivity index (χ2v) is 10.1. The molecule has 0 bridgehead atoms. The number of benzene rings is 1. The van der Waals surface area contributed by atoms with Crippen molar-refractivity contribution in [3.63, 3.8) is 0 Å². The molecular formula is C25H26N4O4S. The standard InChI is InChI=1S/C25H26N4O4S/c1-17-12-22(33-16-24-27-14-23(15-28-24)34(31,32)26-3)13-25(30)29(17)18(2)21-10-8-20(9-11-21)7-6-19-4-5-19/h8-15,18-19,26H,4-5,16H2,1-3H3/t18-/m1/s1. The summed E-state index contributed by atoms with van der Waals surface area (Å²) in [6.07, 6.45) is 4.82. The maximum Gasteiger partial charge on any atom is 0.254 e. The first kappa shape index (κ1) is 23.7. The first-order chi connectivity index (χ1) is 16.3. The van der Waals surface area contributed by atoms with Gasteiger partial charge in [0.1, 0.15) is 17.3 Å². The largest absolute Gasteiger partial charge is 0.485 e. The normalized spacial score (nSPS) is 14.2. The molecule has 176 valence electrons. The highest BCUT2D eigenvalue weighted by Gasteiger charge is 2.18. The molecule has 1 saturated carbocycles. The monoisotopic (exact) mass is 478 g/mol. The first-order valence-corrected chi connectivity index (χ1v) is 12.5. The Balaban J connectivity index is 1.45. The van der Waals surface area contributed by atoms with Crippen LogP contribution in [0.3, 0.4) is 0 Å². The van der Waals surface area contributed by atoms with Gasteiger partial charge in [0.25, 0.3) is 5.56 Å². The molecule has 2 aromatic heterocycles. The van der Waals surface area contributed by atoms with Crippen molar-refractivity contribution < 1.29 is 13.2 Å². The van der Waals surface area contributed by atoms with Gasteiger partial charge in [-0.25, -0.2) is 23.1 Å². The number of hydrogen-bond donors (Lipinski definition) is 1. The van der Waals surface area contributed by atoms with Crippen LogP contribution < -0.4 is 15.0 Å². The molecule has 0 spiro atoms. The molecule has 0 aliphatic heterocycles. The minimum absolute atomic E-state index is 0.00167. The van der Waals surface area contributed by atoms with E-state index in [4.69, 9.17) is 4.74 Å². The molecule has 1 aliphatic carbocycles. The Morgan fingerprint density at radius 3 is 2.44 bits per heavy atom. The van der Waals surface area contributed by atoms with E-state index in [1.807, 2.05) is 38.1 Å². The number of sulfonamides is 1. The Labute approximate surface area is 199 Å². The summed E-state index contributed by atoms with van der Waals surface area (Å²) in [7, 11) is -2.29. The zero-order chi connectivity index (χ0) is 24.3. The predicted octanol–water partition coefficient (Wildman–Crippen LogP) is 2.80. The maximum absolute atomic E-state index is 12.9. The van der Waals surface area contributed by atoms with Gasteiger partial charge in [0.05, 0.1) is 18.4 Å². The molecule has 0 unspecified atom stereocenters.